The Labute approximate surface area is 106 Å². The summed E-state index contributed by atoms with van der Waals surface area (Å²) in [4.78, 5) is 22.2. The Kier molecular flexibility index (Phi) is 3.54. The van der Waals surface area contributed by atoms with Gasteiger partial charge in [-0.25, -0.2) is 4.39 Å². The molecule has 1 aliphatic heterocycles. The van der Waals surface area contributed by atoms with E-state index in [0.29, 0.717) is 12.1 Å². The van der Waals surface area contributed by atoms with Crippen molar-refractivity contribution in [2.24, 2.45) is 0 Å². The molecule has 0 saturated carbocycles. The van der Waals surface area contributed by atoms with Gasteiger partial charge in [0.25, 0.3) is 0 Å². The first-order valence-corrected chi connectivity index (χ1v) is 5.86. The monoisotopic (exact) mass is 300 g/mol. The van der Waals surface area contributed by atoms with E-state index in [9.17, 15) is 14.0 Å². The summed E-state index contributed by atoms with van der Waals surface area (Å²) in [5, 5.41) is 5.12. The van der Waals surface area contributed by atoms with E-state index in [0.717, 1.165) is 4.47 Å². The topological polar surface area (TPSA) is 58.2 Å². The van der Waals surface area contributed by atoms with Crippen molar-refractivity contribution in [3.8, 4) is 0 Å². The van der Waals surface area contributed by atoms with E-state index in [2.05, 4.69) is 26.6 Å². The van der Waals surface area contributed by atoms with Crippen LogP contribution in [-0.4, -0.2) is 17.9 Å². The van der Waals surface area contributed by atoms with E-state index in [1.54, 1.807) is 6.07 Å². The van der Waals surface area contributed by atoms with Gasteiger partial charge in [-0.15, -0.1) is 0 Å². The first-order valence-electron chi connectivity index (χ1n) is 5.07. The van der Waals surface area contributed by atoms with Crippen LogP contribution in [0.5, 0.6) is 0 Å². The normalized spacial score (nSPS) is 19.5. The van der Waals surface area contributed by atoms with Crippen LogP contribution in [0.15, 0.2) is 22.7 Å². The predicted octanol–water partition coefficient (Wildman–Crippen LogP) is 1.09. The molecule has 2 N–H and O–H groups in total. The highest BCUT2D eigenvalue weighted by Crippen LogP contribution is 2.18. The van der Waals surface area contributed by atoms with Crippen molar-refractivity contribution in [2.45, 2.75) is 19.0 Å². The zero-order valence-electron chi connectivity index (χ0n) is 8.80. The molecule has 1 unspecified atom stereocenters. The van der Waals surface area contributed by atoms with Crippen LogP contribution in [0.4, 0.5) is 4.39 Å². The van der Waals surface area contributed by atoms with Gasteiger partial charge in [0, 0.05) is 11.0 Å². The Morgan fingerprint density at radius 2 is 2.24 bits per heavy atom. The average molecular weight is 301 g/mol. The maximum atomic E-state index is 13.0. The average Bonchev–Trinajstić information content (AvgIpc) is 2.59. The van der Waals surface area contributed by atoms with Crippen molar-refractivity contribution in [1.29, 1.82) is 0 Å². The predicted molar refractivity (Wildman–Crippen MR) is 62.5 cm³/mol. The molecule has 0 aromatic heterocycles. The number of imide groups is 1. The number of halogens is 2. The third kappa shape index (κ3) is 2.89. The van der Waals surface area contributed by atoms with Gasteiger partial charge in [-0.2, -0.15) is 0 Å². The van der Waals surface area contributed by atoms with Gasteiger partial charge in [0.15, 0.2) is 0 Å². The minimum absolute atomic E-state index is 0.131. The summed E-state index contributed by atoms with van der Waals surface area (Å²) in [7, 11) is 0. The van der Waals surface area contributed by atoms with E-state index >= 15 is 0 Å². The van der Waals surface area contributed by atoms with E-state index in [4.69, 9.17) is 0 Å². The molecule has 17 heavy (non-hydrogen) atoms. The number of carbonyl (C=O) groups is 2. The van der Waals surface area contributed by atoms with Gasteiger partial charge >= 0.3 is 0 Å². The summed E-state index contributed by atoms with van der Waals surface area (Å²) in [5.41, 5.74) is 0.706. The third-order valence-corrected chi connectivity index (χ3v) is 3.29. The number of benzene rings is 1. The zero-order valence-corrected chi connectivity index (χ0v) is 10.4. The molecule has 2 amide bonds. The van der Waals surface area contributed by atoms with Gasteiger partial charge in [0.1, 0.15) is 5.82 Å². The highest BCUT2D eigenvalue weighted by molar-refractivity contribution is 9.10. The van der Waals surface area contributed by atoms with Crippen molar-refractivity contribution in [3.05, 3.63) is 34.1 Å². The fourth-order valence-corrected chi connectivity index (χ4v) is 2.02. The highest BCUT2D eigenvalue weighted by Gasteiger charge is 2.29. The number of amides is 2. The summed E-state index contributed by atoms with van der Waals surface area (Å²) in [5.74, 6) is -0.953. The van der Waals surface area contributed by atoms with E-state index < -0.39 is 6.04 Å². The summed E-state index contributed by atoms with van der Waals surface area (Å²) >= 11 is 3.29. The van der Waals surface area contributed by atoms with Crippen molar-refractivity contribution >= 4 is 27.7 Å². The summed E-state index contributed by atoms with van der Waals surface area (Å²) in [6, 6.07) is 3.80. The molecule has 0 bridgehead atoms. The molecule has 1 aromatic rings. The SMILES string of the molecule is O=C1CC(NCc2cc(F)ccc2Br)C(=O)N1. The molecule has 2 rings (SSSR count). The largest absolute Gasteiger partial charge is 0.301 e. The standard InChI is InChI=1S/C11H10BrFN2O2/c12-8-2-1-7(13)3-6(8)5-14-9-4-10(16)15-11(9)17/h1-3,9,14H,4-5H2,(H,15,16,17). The molecule has 1 aromatic carbocycles. The summed E-state index contributed by atoms with van der Waals surface area (Å²) in [6.07, 6.45) is 0.131. The van der Waals surface area contributed by atoms with Gasteiger partial charge in [0.05, 0.1) is 12.5 Å². The smallest absolute Gasteiger partial charge is 0.244 e. The number of carbonyl (C=O) groups excluding carboxylic acids is 2. The summed E-state index contributed by atoms with van der Waals surface area (Å²) in [6.45, 7) is 0.323. The van der Waals surface area contributed by atoms with Crippen LogP contribution >= 0.6 is 15.9 Å². The van der Waals surface area contributed by atoms with Crippen LogP contribution in [0.2, 0.25) is 0 Å². The second kappa shape index (κ2) is 4.93. The van der Waals surface area contributed by atoms with Crippen LogP contribution in [-0.2, 0) is 16.1 Å². The quantitative estimate of drug-likeness (QED) is 0.822. The van der Waals surface area contributed by atoms with E-state index in [1.807, 2.05) is 0 Å². The lowest BCUT2D eigenvalue weighted by atomic mass is 10.2. The Morgan fingerprint density at radius 3 is 2.88 bits per heavy atom. The molecule has 0 aliphatic carbocycles. The zero-order chi connectivity index (χ0) is 12.4. The van der Waals surface area contributed by atoms with Crippen LogP contribution in [0.1, 0.15) is 12.0 Å². The Balaban J connectivity index is 2.00. The fraction of sp³-hybridized carbons (Fsp3) is 0.273. The van der Waals surface area contributed by atoms with Crippen LogP contribution < -0.4 is 10.6 Å². The second-order valence-corrected chi connectivity index (χ2v) is 4.64. The van der Waals surface area contributed by atoms with Crippen molar-refractivity contribution in [2.75, 3.05) is 0 Å². The first kappa shape index (κ1) is 12.2. The van der Waals surface area contributed by atoms with Gasteiger partial charge in [-0.3, -0.25) is 14.9 Å². The molecular formula is C11H10BrFN2O2. The highest BCUT2D eigenvalue weighted by atomic mass is 79.9. The molecular weight excluding hydrogens is 291 g/mol. The molecule has 0 spiro atoms. The number of hydrogen-bond acceptors (Lipinski definition) is 3. The van der Waals surface area contributed by atoms with Crippen LogP contribution in [0, 0.1) is 5.82 Å². The van der Waals surface area contributed by atoms with Crippen molar-refractivity contribution < 1.29 is 14.0 Å². The molecule has 1 heterocycles. The van der Waals surface area contributed by atoms with Crippen molar-refractivity contribution in [1.82, 2.24) is 10.6 Å². The molecule has 6 heteroatoms. The Hall–Kier alpha value is -1.27. The van der Waals surface area contributed by atoms with Crippen LogP contribution in [0.3, 0.4) is 0 Å². The number of nitrogens with one attached hydrogen (secondary N) is 2. The van der Waals surface area contributed by atoms with Gasteiger partial charge < -0.3 is 5.32 Å². The van der Waals surface area contributed by atoms with E-state index in [1.165, 1.54) is 12.1 Å². The van der Waals surface area contributed by atoms with E-state index in [-0.39, 0.29) is 24.1 Å². The number of hydrogen-bond donors (Lipinski definition) is 2. The fourth-order valence-electron chi connectivity index (χ4n) is 1.63. The van der Waals surface area contributed by atoms with Crippen LogP contribution in [0.25, 0.3) is 0 Å². The van der Waals surface area contributed by atoms with Gasteiger partial charge in [-0.1, -0.05) is 15.9 Å². The maximum Gasteiger partial charge on any atom is 0.244 e. The first-order chi connectivity index (χ1) is 8.06. The molecule has 0 radical (unpaired) electrons. The Bertz CT molecular complexity index is 479. The molecule has 1 aliphatic rings. The number of rotatable bonds is 3. The lowest BCUT2D eigenvalue weighted by Crippen LogP contribution is -2.35. The molecule has 1 fully saturated rings. The van der Waals surface area contributed by atoms with Crippen molar-refractivity contribution in [3.63, 3.8) is 0 Å². The molecule has 4 nitrogen and oxygen atoms in total. The lowest BCUT2D eigenvalue weighted by Gasteiger charge is -2.10. The molecule has 1 atom stereocenters. The second-order valence-electron chi connectivity index (χ2n) is 3.79. The molecule has 1 saturated heterocycles. The summed E-state index contributed by atoms with van der Waals surface area (Å²) < 4.78 is 13.8. The lowest BCUT2D eigenvalue weighted by molar-refractivity contribution is -0.125. The maximum absolute atomic E-state index is 13.0. The minimum atomic E-state index is -0.530. The third-order valence-electron chi connectivity index (χ3n) is 2.52. The Morgan fingerprint density at radius 1 is 1.47 bits per heavy atom. The van der Waals surface area contributed by atoms with Gasteiger partial charge in [-0.05, 0) is 23.8 Å². The minimum Gasteiger partial charge on any atom is -0.301 e. The van der Waals surface area contributed by atoms with Gasteiger partial charge in [0.2, 0.25) is 11.8 Å². The molecule has 90 valence electrons.